The molecule has 1 atom stereocenters. The fraction of sp³-hybridized carbons (Fsp3) is 0.667. The lowest BCUT2D eigenvalue weighted by molar-refractivity contribution is 0.482. The predicted octanol–water partition coefficient (Wildman–Crippen LogP) is 1.12. The van der Waals surface area contributed by atoms with Crippen molar-refractivity contribution >= 4 is 26.0 Å². The van der Waals surface area contributed by atoms with Crippen LogP contribution < -0.4 is 4.72 Å². The Hall–Kier alpha value is -0.400. The Morgan fingerprint density at radius 3 is 2.56 bits per heavy atom. The van der Waals surface area contributed by atoms with E-state index in [1.165, 1.54) is 12.5 Å². The Balaban J connectivity index is 2.87. The van der Waals surface area contributed by atoms with Gasteiger partial charge in [0.05, 0.1) is 6.33 Å². The summed E-state index contributed by atoms with van der Waals surface area (Å²) >= 11 is 3.29. The number of aromatic nitrogens is 2. The maximum absolute atomic E-state index is 11.9. The molecular weight excluding hydrogens is 294 g/mol. The molecule has 0 amide bonds. The Bertz CT molecular complexity index is 441. The minimum absolute atomic E-state index is 0.0570. The normalized spacial score (nSPS) is 14.3. The monoisotopic (exact) mass is 309 g/mol. The van der Waals surface area contributed by atoms with E-state index in [1.807, 2.05) is 13.8 Å². The minimum atomic E-state index is -3.51. The second kappa shape index (κ2) is 5.29. The van der Waals surface area contributed by atoms with E-state index in [0.29, 0.717) is 5.33 Å². The lowest BCUT2D eigenvalue weighted by Crippen LogP contribution is -2.39. The van der Waals surface area contributed by atoms with Gasteiger partial charge < -0.3 is 4.57 Å². The number of hydrogen-bond donors (Lipinski definition) is 1. The third-order valence-corrected chi connectivity index (χ3v) is 4.31. The summed E-state index contributed by atoms with van der Waals surface area (Å²) in [5, 5.41) is 0.637. The average molecular weight is 310 g/mol. The zero-order valence-corrected chi connectivity index (χ0v) is 11.9. The third-order valence-electron chi connectivity index (χ3n) is 2.23. The standard InChI is InChI=1S/C9H16BrN3O2S/c1-7(2)8(4-10)12-16(14,15)9-5-13(3)6-11-9/h5-8,12H,4H2,1-3H3. The highest BCUT2D eigenvalue weighted by Crippen LogP contribution is 2.10. The SMILES string of the molecule is CC(C)C(CBr)NS(=O)(=O)c1cn(C)cn1. The molecule has 1 heterocycles. The van der Waals surface area contributed by atoms with Crippen molar-refractivity contribution in [1.29, 1.82) is 0 Å². The highest BCUT2D eigenvalue weighted by molar-refractivity contribution is 9.09. The van der Waals surface area contributed by atoms with Gasteiger partial charge in [0.1, 0.15) is 0 Å². The number of alkyl halides is 1. The molecule has 1 aromatic rings. The second-order valence-corrected chi connectivity index (χ2v) is 6.31. The van der Waals surface area contributed by atoms with Crippen LogP contribution in [0.4, 0.5) is 0 Å². The zero-order chi connectivity index (χ0) is 12.3. The van der Waals surface area contributed by atoms with E-state index in [2.05, 4.69) is 25.6 Å². The molecule has 0 aliphatic carbocycles. The first-order valence-electron chi connectivity index (χ1n) is 4.93. The van der Waals surface area contributed by atoms with Gasteiger partial charge in [0.25, 0.3) is 10.0 Å². The van der Waals surface area contributed by atoms with E-state index >= 15 is 0 Å². The lowest BCUT2D eigenvalue weighted by Gasteiger charge is -2.18. The number of nitrogens with zero attached hydrogens (tertiary/aromatic N) is 2. The van der Waals surface area contributed by atoms with Gasteiger partial charge in [-0.25, -0.2) is 18.1 Å². The molecule has 92 valence electrons. The van der Waals surface area contributed by atoms with Crippen LogP contribution in [0.3, 0.4) is 0 Å². The van der Waals surface area contributed by atoms with Crippen LogP contribution in [-0.4, -0.2) is 29.3 Å². The number of nitrogens with one attached hydrogen (secondary N) is 1. The van der Waals surface area contributed by atoms with E-state index in [9.17, 15) is 8.42 Å². The van der Waals surface area contributed by atoms with Crippen LogP contribution in [0.2, 0.25) is 0 Å². The molecule has 5 nitrogen and oxygen atoms in total. The van der Waals surface area contributed by atoms with Gasteiger partial charge in [-0.05, 0) is 5.92 Å². The van der Waals surface area contributed by atoms with Crippen LogP contribution in [0.25, 0.3) is 0 Å². The van der Waals surface area contributed by atoms with Gasteiger partial charge in [0.15, 0.2) is 5.03 Å². The summed E-state index contributed by atoms with van der Waals surface area (Å²) in [4.78, 5) is 3.83. The Kier molecular flexibility index (Phi) is 4.52. The molecule has 1 aromatic heterocycles. The van der Waals surface area contributed by atoms with Gasteiger partial charge in [0.2, 0.25) is 0 Å². The molecule has 0 aromatic carbocycles. The minimum Gasteiger partial charge on any atom is -0.339 e. The number of imidazole rings is 1. The summed E-state index contributed by atoms with van der Waals surface area (Å²) in [7, 11) is -1.78. The molecule has 0 aliphatic heterocycles. The van der Waals surface area contributed by atoms with Gasteiger partial charge in [0, 0.05) is 24.6 Å². The average Bonchev–Trinajstić information content (AvgIpc) is 2.61. The summed E-state index contributed by atoms with van der Waals surface area (Å²) < 4.78 is 28.0. The molecule has 1 rings (SSSR count). The fourth-order valence-corrected chi connectivity index (χ4v) is 3.62. The van der Waals surface area contributed by atoms with E-state index in [4.69, 9.17) is 0 Å². The molecular formula is C9H16BrN3O2S. The highest BCUT2D eigenvalue weighted by Gasteiger charge is 2.23. The maximum Gasteiger partial charge on any atom is 0.259 e. The Labute approximate surface area is 104 Å². The molecule has 0 spiro atoms. The van der Waals surface area contributed by atoms with Crippen LogP contribution in [0.5, 0.6) is 0 Å². The predicted molar refractivity (Wildman–Crippen MR) is 65.9 cm³/mol. The van der Waals surface area contributed by atoms with Crippen LogP contribution >= 0.6 is 15.9 Å². The number of halogens is 1. The number of rotatable bonds is 5. The molecule has 0 aliphatic rings. The van der Waals surface area contributed by atoms with Crippen LogP contribution in [0, 0.1) is 5.92 Å². The van der Waals surface area contributed by atoms with E-state index in [-0.39, 0.29) is 17.0 Å². The number of sulfonamides is 1. The van der Waals surface area contributed by atoms with Gasteiger partial charge in [-0.2, -0.15) is 0 Å². The summed E-state index contributed by atoms with van der Waals surface area (Å²) in [6.45, 7) is 3.93. The smallest absolute Gasteiger partial charge is 0.259 e. The van der Waals surface area contributed by atoms with Gasteiger partial charge in [-0.1, -0.05) is 29.8 Å². The summed E-state index contributed by atoms with van der Waals surface area (Å²) in [6, 6.07) is -0.132. The van der Waals surface area contributed by atoms with Crippen LogP contribution in [-0.2, 0) is 17.1 Å². The molecule has 1 N–H and O–H groups in total. The third kappa shape index (κ3) is 3.29. The van der Waals surface area contributed by atoms with Gasteiger partial charge >= 0.3 is 0 Å². The number of aryl methyl sites for hydroxylation is 1. The molecule has 1 unspecified atom stereocenters. The second-order valence-electron chi connectivity index (χ2n) is 4.00. The highest BCUT2D eigenvalue weighted by atomic mass is 79.9. The van der Waals surface area contributed by atoms with Crippen molar-refractivity contribution in [2.75, 3.05) is 5.33 Å². The molecule has 0 saturated heterocycles. The summed E-state index contributed by atoms with van der Waals surface area (Å²) in [6.07, 6.45) is 2.95. The van der Waals surface area contributed by atoms with Crippen molar-refractivity contribution in [2.45, 2.75) is 24.9 Å². The van der Waals surface area contributed by atoms with Crippen molar-refractivity contribution < 1.29 is 8.42 Å². The summed E-state index contributed by atoms with van der Waals surface area (Å²) in [5.74, 6) is 0.220. The van der Waals surface area contributed by atoms with E-state index in [1.54, 1.807) is 11.6 Å². The molecule has 16 heavy (non-hydrogen) atoms. The quantitative estimate of drug-likeness (QED) is 0.829. The number of hydrogen-bond acceptors (Lipinski definition) is 3. The first kappa shape index (κ1) is 13.7. The van der Waals surface area contributed by atoms with Crippen LogP contribution in [0.1, 0.15) is 13.8 Å². The first-order valence-corrected chi connectivity index (χ1v) is 7.53. The lowest BCUT2D eigenvalue weighted by atomic mass is 10.1. The fourth-order valence-electron chi connectivity index (χ4n) is 1.13. The molecule has 7 heteroatoms. The van der Waals surface area contributed by atoms with E-state index < -0.39 is 10.0 Å². The van der Waals surface area contributed by atoms with E-state index in [0.717, 1.165) is 0 Å². The topological polar surface area (TPSA) is 64.0 Å². The first-order chi connectivity index (χ1) is 7.36. The summed E-state index contributed by atoms with van der Waals surface area (Å²) in [5.41, 5.74) is 0. The molecule has 0 bridgehead atoms. The maximum atomic E-state index is 11.9. The zero-order valence-electron chi connectivity index (χ0n) is 9.51. The Morgan fingerprint density at radius 1 is 1.56 bits per heavy atom. The van der Waals surface area contributed by atoms with Crippen LogP contribution in [0.15, 0.2) is 17.6 Å². The van der Waals surface area contributed by atoms with Crippen molar-refractivity contribution in [3.05, 3.63) is 12.5 Å². The van der Waals surface area contributed by atoms with Crippen molar-refractivity contribution in [1.82, 2.24) is 14.3 Å². The molecule has 0 saturated carbocycles. The molecule has 0 radical (unpaired) electrons. The largest absolute Gasteiger partial charge is 0.339 e. The van der Waals surface area contributed by atoms with Crippen molar-refractivity contribution in [3.63, 3.8) is 0 Å². The Morgan fingerprint density at radius 2 is 2.19 bits per heavy atom. The van der Waals surface area contributed by atoms with Gasteiger partial charge in [-0.3, -0.25) is 0 Å². The molecule has 0 fully saturated rings. The van der Waals surface area contributed by atoms with Crippen molar-refractivity contribution in [3.8, 4) is 0 Å². The van der Waals surface area contributed by atoms with Crippen molar-refractivity contribution in [2.24, 2.45) is 13.0 Å². The van der Waals surface area contributed by atoms with Gasteiger partial charge in [-0.15, -0.1) is 0 Å².